The lowest BCUT2D eigenvalue weighted by atomic mass is 9.97. The van der Waals surface area contributed by atoms with E-state index < -0.39 is 10.0 Å². The highest BCUT2D eigenvalue weighted by Crippen LogP contribution is 2.22. The molecule has 1 atom stereocenters. The molecule has 0 saturated carbocycles. The summed E-state index contributed by atoms with van der Waals surface area (Å²) in [7, 11) is -3.70. The van der Waals surface area contributed by atoms with E-state index in [1.165, 1.54) is 16.4 Å². The summed E-state index contributed by atoms with van der Waals surface area (Å²) in [5, 5.41) is 10.2. The third kappa shape index (κ3) is 6.18. The van der Waals surface area contributed by atoms with E-state index in [1.807, 2.05) is 56.3 Å². The minimum Gasteiger partial charge on any atom is -0.396 e. The van der Waals surface area contributed by atoms with Gasteiger partial charge in [-0.2, -0.15) is 4.31 Å². The van der Waals surface area contributed by atoms with Crippen molar-refractivity contribution in [2.24, 2.45) is 11.8 Å². The molecule has 4 nitrogen and oxygen atoms in total. The quantitative estimate of drug-likeness (QED) is 0.673. The van der Waals surface area contributed by atoms with Crippen LogP contribution in [0.1, 0.15) is 19.4 Å². The van der Waals surface area contributed by atoms with Gasteiger partial charge in [-0.25, -0.2) is 8.42 Å². The number of hydrogen-bond acceptors (Lipinski definition) is 3. The van der Waals surface area contributed by atoms with Crippen molar-refractivity contribution in [3.63, 3.8) is 0 Å². The van der Waals surface area contributed by atoms with Crippen molar-refractivity contribution >= 4 is 27.7 Å². The summed E-state index contributed by atoms with van der Waals surface area (Å²) in [6.07, 6.45) is 3.73. The third-order valence-electron chi connectivity index (χ3n) is 4.49. The third-order valence-corrected chi connectivity index (χ3v) is 6.58. The normalized spacial score (nSPS) is 13.6. The first kappa shape index (κ1) is 21.6. The van der Waals surface area contributed by atoms with E-state index in [0.29, 0.717) is 5.02 Å². The van der Waals surface area contributed by atoms with Gasteiger partial charge in [0, 0.05) is 24.7 Å². The van der Waals surface area contributed by atoms with Crippen molar-refractivity contribution in [3.8, 4) is 0 Å². The van der Waals surface area contributed by atoms with Crippen LogP contribution in [-0.4, -0.2) is 37.5 Å². The van der Waals surface area contributed by atoms with Gasteiger partial charge < -0.3 is 5.11 Å². The van der Waals surface area contributed by atoms with E-state index in [2.05, 4.69) is 0 Å². The Kier molecular flexibility index (Phi) is 8.05. The minimum atomic E-state index is -3.70. The van der Waals surface area contributed by atoms with Gasteiger partial charge in [-0.15, -0.1) is 0 Å². The van der Waals surface area contributed by atoms with Gasteiger partial charge in [0.2, 0.25) is 10.0 Å². The van der Waals surface area contributed by atoms with Crippen LogP contribution in [0.25, 0.3) is 6.08 Å². The molecule has 0 heterocycles. The molecule has 1 N–H and O–H groups in total. The van der Waals surface area contributed by atoms with Crippen molar-refractivity contribution in [3.05, 3.63) is 71.3 Å². The largest absolute Gasteiger partial charge is 0.396 e. The Hall–Kier alpha value is -1.66. The number of hydrogen-bond donors (Lipinski definition) is 1. The van der Waals surface area contributed by atoms with Crippen LogP contribution in [0.3, 0.4) is 0 Å². The van der Waals surface area contributed by atoms with E-state index in [0.717, 1.165) is 5.56 Å². The molecule has 2 rings (SSSR count). The lowest BCUT2D eigenvalue weighted by molar-refractivity contribution is 0.168. The number of rotatable bonds is 9. The Morgan fingerprint density at radius 3 is 2.26 bits per heavy atom. The Balaban J connectivity index is 2.27. The van der Waals surface area contributed by atoms with Crippen LogP contribution in [0.2, 0.25) is 5.02 Å². The van der Waals surface area contributed by atoms with Crippen LogP contribution >= 0.6 is 11.6 Å². The summed E-state index contributed by atoms with van der Waals surface area (Å²) in [6, 6.07) is 15.9. The van der Waals surface area contributed by atoms with Gasteiger partial charge >= 0.3 is 0 Å². The van der Waals surface area contributed by atoms with Crippen LogP contribution in [0, 0.1) is 11.8 Å². The zero-order valence-electron chi connectivity index (χ0n) is 15.6. The molecule has 0 amide bonds. The monoisotopic (exact) mass is 407 g/mol. The average Bonchev–Trinajstić information content (AvgIpc) is 2.65. The maximum absolute atomic E-state index is 13.1. The molecule has 6 heteroatoms. The fraction of sp³-hybridized carbons (Fsp3) is 0.333. The van der Waals surface area contributed by atoms with E-state index in [1.54, 1.807) is 12.1 Å². The number of halogens is 1. The Morgan fingerprint density at radius 2 is 1.70 bits per heavy atom. The summed E-state index contributed by atoms with van der Waals surface area (Å²) in [5.74, 6) is 0.0215. The van der Waals surface area contributed by atoms with Gasteiger partial charge in [0.15, 0.2) is 0 Å². The molecule has 2 aromatic carbocycles. The van der Waals surface area contributed by atoms with Gasteiger partial charge in [-0.1, -0.05) is 67.9 Å². The van der Waals surface area contributed by atoms with Gasteiger partial charge in [-0.3, -0.25) is 0 Å². The van der Waals surface area contributed by atoms with E-state index >= 15 is 0 Å². The van der Waals surface area contributed by atoms with Crippen molar-refractivity contribution in [2.75, 3.05) is 19.7 Å². The van der Waals surface area contributed by atoms with Gasteiger partial charge in [-0.05, 0) is 41.7 Å². The van der Waals surface area contributed by atoms with Crippen molar-refractivity contribution in [2.45, 2.75) is 18.7 Å². The molecule has 0 aliphatic rings. The highest BCUT2D eigenvalue weighted by atomic mass is 35.5. The highest BCUT2D eigenvalue weighted by Gasteiger charge is 2.27. The van der Waals surface area contributed by atoms with E-state index in [-0.39, 0.29) is 36.4 Å². The molecule has 0 saturated heterocycles. The SMILES string of the molecule is CC(C)C(CO)CN(C/C=C/c1ccccc1)S(=O)(=O)c1ccc(Cl)cc1. The van der Waals surface area contributed by atoms with Crippen LogP contribution in [0.4, 0.5) is 0 Å². The molecular formula is C21H26ClNO3S. The molecule has 0 radical (unpaired) electrons. The molecule has 0 aliphatic heterocycles. The fourth-order valence-corrected chi connectivity index (χ4v) is 4.21. The average molecular weight is 408 g/mol. The molecule has 1 unspecified atom stereocenters. The predicted octanol–water partition coefficient (Wildman–Crippen LogP) is 4.31. The zero-order valence-corrected chi connectivity index (χ0v) is 17.2. The lowest BCUT2D eigenvalue weighted by Crippen LogP contribution is -2.38. The second-order valence-electron chi connectivity index (χ2n) is 6.78. The number of sulfonamides is 1. The Bertz CT molecular complexity index is 833. The van der Waals surface area contributed by atoms with E-state index in [9.17, 15) is 13.5 Å². The van der Waals surface area contributed by atoms with Gasteiger partial charge in [0.1, 0.15) is 0 Å². The molecule has 0 aromatic heterocycles. The maximum atomic E-state index is 13.1. The van der Waals surface area contributed by atoms with Crippen LogP contribution in [0.15, 0.2) is 65.6 Å². The summed E-state index contributed by atoms with van der Waals surface area (Å²) in [6.45, 7) is 4.37. The molecular weight excluding hydrogens is 382 g/mol. The molecule has 146 valence electrons. The standard InChI is InChI=1S/C21H26ClNO3S/c1-17(2)19(16-24)15-23(14-6-9-18-7-4-3-5-8-18)27(25,26)21-12-10-20(22)11-13-21/h3-13,17,19,24H,14-16H2,1-2H3/b9-6+. The van der Waals surface area contributed by atoms with Crippen LogP contribution in [0.5, 0.6) is 0 Å². The fourth-order valence-electron chi connectivity index (χ4n) is 2.64. The maximum Gasteiger partial charge on any atom is 0.243 e. The van der Waals surface area contributed by atoms with Crippen molar-refractivity contribution < 1.29 is 13.5 Å². The lowest BCUT2D eigenvalue weighted by Gasteiger charge is -2.27. The van der Waals surface area contributed by atoms with Crippen LogP contribution < -0.4 is 0 Å². The topological polar surface area (TPSA) is 57.6 Å². The highest BCUT2D eigenvalue weighted by molar-refractivity contribution is 7.89. The Morgan fingerprint density at radius 1 is 1.07 bits per heavy atom. The first-order valence-corrected chi connectivity index (χ1v) is 10.7. The summed E-state index contributed by atoms with van der Waals surface area (Å²) < 4.78 is 27.7. The number of aliphatic hydroxyl groups excluding tert-OH is 1. The van der Waals surface area contributed by atoms with Crippen molar-refractivity contribution in [1.29, 1.82) is 0 Å². The molecule has 0 aliphatic carbocycles. The van der Waals surface area contributed by atoms with E-state index in [4.69, 9.17) is 11.6 Å². The number of aliphatic hydroxyl groups is 1. The summed E-state index contributed by atoms with van der Waals surface area (Å²) in [4.78, 5) is 0.195. The molecule has 0 fully saturated rings. The second-order valence-corrected chi connectivity index (χ2v) is 9.15. The minimum absolute atomic E-state index is 0.0628. The van der Waals surface area contributed by atoms with Crippen molar-refractivity contribution in [1.82, 2.24) is 4.31 Å². The smallest absolute Gasteiger partial charge is 0.243 e. The first-order valence-electron chi connectivity index (χ1n) is 8.92. The predicted molar refractivity (Wildman–Crippen MR) is 111 cm³/mol. The van der Waals surface area contributed by atoms with Crippen LogP contribution in [-0.2, 0) is 10.0 Å². The van der Waals surface area contributed by atoms with Gasteiger partial charge in [0.05, 0.1) is 4.90 Å². The molecule has 0 spiro atoms. The van der Waals surface area contributed by atoms with Gasteiger partial charge in [0.25, 0.3) is 0 Å². The molecule has 0 bridgehead atoms. The second kappa shape index (κ2) is 10.0. The molecule has 27 heavy (non-hydrogen) atoms. The first-order chi connectivity index (χ1) is 12.8. The number of benzene rings is 2. The zero-order chi connectivity index (χ0) is 19.9. The summed E-state index contributed by atoms with van der Waals surface area (Å²) in [5.41, 5.74) is 1.00. The Labute approximate surface area is 167 Å². The molecule has 2 aromatic rings. The summed E-state index contributed by atoms with van der Waals surface area (Å²) >= 11 is 5.89. The number of nitrogens with zero attached hydrogens (tertiary/aromatic N) is 1.